The fourth-order valence-corrected chi connectivity index (χ4v) is 3.26. The number of aromatic nitrogens is 5. The van der Waals surface area contributed by atoms with Gasteiger partial charge in [-0.05, 0) is 12.1 Å². The Morgan fingerprint density at radius 3 is 2.17 bits per heavy atom. The number of pyridine rings is 1. The number of hydrogen-bond donors (Lipinski definition) is 2. The molecule has 0 spiro atoms. The van der Waals surface area contributed by atoms with Gasteiger partial charge in [0.05, 0.1) is 24.6 Å². The van der Waals surface area contributed by atoms with Crippen molar-refractivity contribution in [2.24, 2.45) is 0 Å². The highest BCUT2D eigenvalue weighted by Gasteiger charge is 2.18. The molecule has 7 nitrogen and oxygen atoms in total. The molecule has 0 unspecified atom stereocenters. The van der Waals surface area contributed by atoms with Crippen molar-refractivity contribution in [3.63, 3.8) is 0 Å². The molecule has 8 heteroatoms. The van der Waals surface area contributed by atoms with Gasteiger partial charge >= 0.3 is 0 Å². The fourth-order valence-electron chi connectivity index (χ4n) is 3.26. The van der Waals surface area contributed by atoms with Crippen LogP contribution in [-0.2, 0) is 0 Å². The largest absolute Gasteiger partial charge is 0.480 e. The summed E-state index contributed by atoms with van der Waals surface area (Å²) in [6.45, 7) is 0. The molecule has 4 rings (SSSR count). The summed E-state index contributed by atoms with van der Waals surface area (Å²) in [6.07, 6.45) is 13.6. The second kappa shape index (κ2) is 10.5. The van der Waals surface area contributed by atoms with Gasteiger partial charge in [-0.3, -0.25) is 5.10 Å². The number of halogens is 1. The Morgan fingerprint density at radius 1 is 1.00 bits per heavy atom. The second-order valence-electron chi connectivity index (χ2n) is 6.89. The van der Waals surface area contributed by atoms with Crippen LogP contribution in [0, 0.1) is 5.82 Å². The standard InChI is InChI=1S/C14H13FN6O.C7H14/c1-16-12-4-3-10(20-21-12)11-5-9(15)13(14(19-11)22-2)8-6-17-18-7-8;1-2-4-6-7-5-3-1/h3-7H,1-2H3,(H,16,21)(H,17,18);1-7H2. The van der Waals surface area contributed by atoms with Crippen molar-refractivity contribution >= 4 is 5.82 Å². The van der Waals surface area contributed by atoms with E-state index in [1.807, 2.05) is 0 Å². The van der Waals surface area contributed by atoms with Gasteiger partial charge in [-0.1, -0.05) is 44.9 Å². The predicted octanol–water partition coefficient (Wildman–Crippen LogP) is 4.85. The van der Waals surface area contributed by atoms with Crippen LogP contribution in [0.25, 0.3) is 22.5 Å². The van der Waals surface area contributed by atoms with Crippen molar-refractivity contribution in [2.45, 2.75) is 44.9 Å². The van der Waals surface area contributed by atoms with Crippen LogP contribution in [0.15, 0.2) is 30.6 Å². The molecule has 2 N–H and O–H groups in total. The highest BCUT2D eigenvalue weighted by Crippen LogP contribution is 2.33. The lowest BCUT2D eigenvalue weighted by Crippen LogP contribution is -2.00. The minimum Gasteiger partial charge on any atom is -0.480 e. The number of methoxy groups -OCH3 is 1. The van der Waals surface area contributed by atoms with E-state index in [1.165, 1.54) is 64.3 Å². The van der Waals surface area contributed by atoms with Crippen LogP contribution in [0.4, 0.5) is 10.2 Å². The van der Waals surface area contributed by atoms with E-state index >= 15 is 0 Å². The number of hydrogen-bond acceptors (Lipinski definition) is 6. The molecular weight excluding hydrogens is 371 g/mol. The first kappa shape index (κ1) is 20.7. The molecule has 0 atom stereocenters. The van der Waals surface area contributed by atoms with Gasteiger partial charge < -0.3 is 10.1 Å². The maximum atomic E-state index is 14.5. The van der Waals surface area contributed by atoms with Crippen molar-refractivity contribution in [3.05, 3.63) is 36.4 Å². The van der Waals surface area contributed by atoms with E-state index in [0.29, 0.717) is 22.8 Å². The first-order valence-electron chi connectivity index (χ1n) is 9.98. The van der Waals surface area contributed by atoms with Gasteiger partial charge in [0.15, 0.2) is 0 Å². The summed E-state index contributed by atoms with van der Waals surface area (Å²) in [7, 11) is 3.18. The zero-order chi connectivity index (χ0) is 20.5. The van der Waals surface area contributed by atoms with Crippen molar-refractivity contribution in [3.8, 4) is 28.4 Å². The minimum absolute atomic E-state index is 0.163. The SMILES string of the molecule is C1CCCCCC1.CNc1ccc(-c2cc(F)c(-c3cn[nH]c3)c(OC)n2)nn1. The van der Waals surface area contributed by atoms with Crippen LogP contribution >= 0.6 is 0 Å². The molecular formula is C21H27FN6O. The number of ether oxygens (including phenoxy) is 1. The van der Waals surface area contributed by atoms with Crippen molar-refractivity contribution in [1.29, 1.82) is 0 Å². The summed E-state index contributed by atoms with van der Waals surface area (Å²) >= 11 is 0. The Labute approximate surface area is 170 Å². The molecule has 1 saturated carbocycles. The zero-order valence-corrected chi connectivity index (χ0v) is 16.9. The van der Waals surface area contributed by atoms with Crippen molar-refractivity contribution in [2.75, 3.05) is 19.5 Å². The first-order valence-corrected chi connectivity index (χ1v) is 9.98. The summed E-state index contributed by atoms with van der Waals surface area (Å²) in [5.74, 6) is 0.310. The van der Waals surface area contributed by atoms with Gasteiger partial charge in [-0.2, -0.15) is 5.10 Å². The third kappa shape index (κ3) is 5.49. The summed E-state index contributed by atoms with van der Waals surface area (Å²) in [5, 5.41) is 17.3. The smallest absolute Gasteiger partial charge is 0.224 e. The summed E-state index contributed by atoms with van der Waals surface area (Å²) in [6, 6.07) is 4.74. The van der Waals surface area contributed by atoms with E-state index < -0.39 is 5.82 Å². The number of H-pyrrole nitrogens is 1. The number of anilines is 1. The molecule has 1 aliphatic carbocycles. The lowest BCUT2D eigenvalue weighted by molar-refractivity contribution is 0.397. The summed E-state index contributed by atoms with van der Waals surface area (Å²) < 4.78 is 19.7. The van der Waals surface area contributed by atoms with E-state index in [4.69, 9.17) is 4.74 Å². The number of rotatable bonds is 4. The maximum Gasteiger partial charge on any atom is 0.224 e. The third-order valence-corrected chi connectivity index (χ3v) is 4.85. The molecule has 1 fully saturated rings. The highest BCUT2D eigenvalue weighted by atomic mass is 19.1. The first-order chi connectivity index (χ1) is 14.2. The molecule has 0 saturated heterocycles. The van der Waals surface area contributed by atoms with Crippen LogP contribution in [-0.4, -0.2) is 39.5 Å². The molecule has 3 aromatic rings. The van der Waals surface area contributed by atoms with Crippen LogP contribution in [0.1, 0.15) is 44.9 Å². The van der Waals surface area contributed by atoms with Crippen LogP contribution in [0.2, 0.25) is 0 Å². The lowest BCUT2D eigenvalue weighted by Gasteiger charge is -2.09. The molecule has 3 heterocycles. The average molecular weight is 398 g/mol. The highest BCUT2D eigenvalue weighted by molar-refractivity contribution is 5.71. The molecule has 154 valence electrons. The summed E-state index contributed by atoms with van der Waals surface area (Å²) in [5.41, 5.74) is 1.61. The Hall–Kier alpha value is -3.03. The van der Waals surface area contributed by atoms with Crippen molar-refractivity contribution in [1.82, 2.24) is 25.4 Å². The fraction of sp³-hybridized carbons (Fsp3) is 0.429. The van der Waals surface area contributed by atoms with E-state index in [0.717, 1.165) is 0 Å². The molecule has 0 amide bonds. The zero-order valence-electron chi connectivity index (χ0n) is 16.9. The second-order valence-corrected chi connectivity index (χ2v) is 6.89. The quantitative estimate of drug-likeness (QED) is 0.611. The monoisotopic (exact) mass is 398 g/mol. The predicted molar refractivity (Wildman–Crippen MR) is 111 cm³/mol. The summed E-state index contributed by atoms with van der Waals surface area (Å²) in [4.78, 5) is 4.31. The number of nitrogens with one attached hydrogen (secondary N) is 2. The van der Waals surface area contributed by atoms with E-state index in [2.05, 4.69) is 30.7 Å². The van der Waals surface area contributed by atoms with Gasteiger partial charge in [-0.15, -0.1) is 10.2 Å². The molecule has 0 aliphatic heterocycles. The maximum absolute atomic E-state index is 14.5. The Kier molecular flexibility index (Phi) is 7.49. The Morgan fingerprint density at radius 2 is 1.69 bits per heavy atom. The van der Waals surface area contributed by atoms with Gasteiger partial charge in [0.25, 0.3) is 0 Å². The Bertz CT molecular complexity index is 863. The van der Waals surface area contributed by atoms with Gasteiger partial charge in [-0.25, -0.2) is 9.37 Å². The van der Waals surface area contributed by atoms with E-state index in [-0.39, 0.29) is 11.4 Å². The normalized spacial score (nSPS) is 13.8. The van der Waals surface area contributed by atoms with Gasteiger partial charge in [0.2, 0.25) is 5.88 Å². The minimum atomic E-state index is -0.470. The number of aromatic amines is 1. The van der Waals surface area contributed by atoms with Crippen LogP contribution in [0.5, 0.6) is 5.88 Å². The van der Waals surface area contributed by atoms with E-state index in [1.54, 1.807) is 25.4 Å². The van der Waals surface area contributed by atoms with Crippen LogP contribution < -0.4 is 10.1 Å². The molecule has 1 aliphatic rings. The molecule has 0 radical (unpaired) electrons. The topological polar surface area (TPSA) is 88.6 Å². The Balaban J connectivity index is 0.000000290. The van der Waals surface area contributed by atoms with Gasteiger partial charge in [0.1, 0.15) is 17.3 Å². The molecule has 3 aromatic heterocycles. The average Bonchev–Trinajstić information content (AvgIpc) is 3.11. The number of nitrogens with zero attached hydrogens (tertiary/aromatic N) is 4. The third-order valence-electron chi connectivity index (χ3n) is 4.85. The van der Waals surface area contributed by atoms with Gasteiger partial charge in [0, 0.05) is 24.9 Å². The molecule has 29 heavy (non-hydrogen) atoms. The molecule has 0 bridgehead atoms. The van der Waals surface area contributed by atoms with E-state index in [9.17, 15) is 4.39 Å². The lowest BCUT2D eigenvalue weighted by atomic mass is 10.1. The van der Waals surface area contributed by atoms with Crippen molar-refractivity contribution < 1.29 is 9.13 Å². The van der Waals surface area contributed by atoms with Crippen LogP contribution in [0.3, 0.4) is 0 Å². The molecule has 0 aromatic carbocycles.